The number of carbonyl (C=O) groups is 1. The number of likely N-dealkylation sites (tertiary alicyclic amines) is 1. The quantitative estimate of drug-likeness (QED) is 0.925. The van der Waals surface area contributed by atoms with Crippen LogP contribution in [0.3, 0.4) is 0 Å². The average Bonchev–Trinajstić information content (AvgIpc) is 3.02. The molecular weight excluding hydrogens is 320 g/mol. The van der Waals surface area contributed by atoms with Gasteiger partial charge in [0.15, 0.2) is 0 Å². The van der Waals surface area contributed by atoms with E-state index in [2.05, 4.69) is 31.2 Å². The third-order valence-electron chi connectivity index (χ3n) is 5.01. The molecular formula is C20H25ClN2O. The standard InChI is InChI=1S/C20H24N2O.ClH/c1-14-8-9-17(10-15(14)2)20(23)22-12-18(11-21)19(13-22)16-6-4-3-5-7-16;/h3-10,18-19H,11-13,21H2,1-2H3;1H/t18-,19+;/m1./s1. The van der Waals surface area contributed by atoms with Gasteiger partial charge in [-0.05, 0) is 55.1 Å². The Morgan fingerprint density at radius 3 is 2.42 bits per heavy atom. The van der Waals surface area contributed by atoms with Crippen LogP contribution in [-0.4, -0.2) is 30.4 Å². The van der Waals surface area contributed by atoms with Gasteiger partial charge in [0.1, 0.15) is 0 Å². The van der Waals surface area contributed by atoms with E-state index < -0.39 is 0 Å². The maximum absolute atomic E-state index is 12.8. The van der Waals surface area contributed by atoms with Crippen molar-refractivity contribution in [3.05, 3.63) is 70.8 Å². The molecule has 1 heterocycles. The van der Waals surface area contributed by atoms with Gasteiger partial charge in [0.25, 0.3) is 5.91 Å². The highest BCUT2D eigenvalue weighted by atomic mass is 35.5. The van der Waals surface area contributed by atoms with Crippen LogP contribution in [0, 0.1) is 19.8 Å². The molecule has 1 amide bonds. The largest absolute Gasteiger partial charge is 0.338 e. The fraction of sp³-hybridized carbons (Fsp3) is 0.350. The number of hydrogen-bond acceptors (Lipinski definition) is 2. The number of hydrogen-bond donors (Lipinski definition) is 1. The molecule has 0 saturated carbocycles. The van der Waals surface area contributed by atoms with Gasteiger partial charge in [-0.2, -0.15) is 0 Å². The van der Waals surface area contributed by atoms with E-state index in [1.165, 1.54) is 11.1 Å². The van der Waals surface area contributed by atoms with Crippen LogP contribution in [0.2, 0.25) is 0 Å². The van der Waals surface area contributed by atoms with E-state index in [-0.39, 0.29) is 18.3 Å². The van der Waals surface area contributed by atoms with Crippen LogP contribution >= 0.6 is 12.4 Å². The predicted molar refractivity (Wildman–Crippen MR) is 101 cm³/mol. The van der Waals surface area contributed by atoms with Crippen LogP contribution in [-0.2, 0) is 0 Å². The summed E-state index contributed by atoms with van der Waals surface area (Å²) in [5.41, 5.74) is 10.4. The Hall–Kier alpha value is -1.84. The van der Waals surface area contributed by atoms with Gasteiger partial charge < -0.3 is 10.6 Å². The SMILES string of the molecule is Cc1ccc(C(=O)N2C[C@@H](CN)[C@H](c3ccccc3)C2)cc1C.Cl. The van der Waals surface area contributed by atoms with Gasteiger partial charge in [0, 0.05) is 24.6 Å². The molecule has 2 N–H and O–H groups in total. The fourth-order valence-corrected chi connectivity index (χ4v) is 3.41. The van der Waals surface area contributed by atoms with Crippen molar-refractivity contribution >= 4 is 18.3 Å². The van der Waals surface area contributed by atoms with Crippen LogP contribution in [0.5, 0.6) is 0 Å². The zero-order valence-electron chi connectivity index (χ0n) is 14.2. The second-order valence-electron chi connectivity index (χ2n) is 6.52. The second kappa shape index (κ2) is 7.82. The van der Waals surface area contributed by atoms with Crippen molar-refractivity contribution in [2.45, 2.75) is 19.8 Å². The van der Waals surface area contributed by atoms with E-state index in [0.717, 1.165) is 24.2 Å². The number of benzene rings is 2. The monoisotopic (exact) mass is 344 g/mol. The molecule has 4 heteroatoms. The van der Waals surface area contributed by atoms with E-state index in [1.807, 2.05) is 36.1 Å². The maximum Gasteiger partial charge on any atom is 0.253 e. The molecule has 0 aliphatic carbocycles. The number of rotatable bonds is 3. The van der Waals surface area contributed by atoms with Crippen molar-refractivity contribution in [2.24, 2.45) is 11.7 Å². The minimum absolute atomic E-state index is 0. The van der Waals surface area contributed by atoms with Crippen LogP contribution in [0.4, 0.5) is 0 Å². The first kappa shape index (κ1) is 18.5. The third-order valence-corrected chi connectivity index (χ3v) is 5.01. The Balaban J connectivity index is 0.00000208. The van der Waals surface area contributed by atoms with Gasteiger partial charge >= 0.3 is 0 Å². The molecule has 0 spiro atoms. The topological polar surface area (TPSA) is 46.3 Å². The lowest BCUT2D eigenvalue weighted by atomic mass is 9.89. The van der Waals surface area contributed by atoms with Gasteiger partial charge in [-0.25, -0.2) is 0 Å². The molecule has 1 aliphatic heterocycles. The van der Waals surface area contributed by atoms with E-state index in [1.54, 1.807) is 0 Å². The summed E-state index contributed by atoms with van der Waals surface area (Å²) in [4.78, 5) is 14.8. The molecule has 3 rings (SSSR count). The highest BCUT2D eigenvalue weighted by molar-refractivity contribution is 5.94. The normalized spacial score (nSPS) is 19.9. The van der Waals surface area contributed by atoms with Crippen molar-refractivity contribution in [3.8, 4) is 0 Å². The lowest BCUT2D eigenvalue weighted by Gasteiger charge is -2.17. The first-order valence-corrected chi connectivity index (χ1v) is 8.21. The number of amides is 1. The molecule has 0 aromatic heterocycles. The molecule has 2 atom stereocenters. The number of nitrogens with zero attached hydrogens (tertiary/aromatic N) is 1. The molecule has 2 aromatic carbocycles. The second-order valence-corrected chi connectivity index (χ2v) is 6.52. The Kier molecular flexibility index (Phi) is 6.03. The molecule has 1 aliphatic rings. The number of aryl methyl sites for hydroxylation is 2. The van der Waals surface area contributed by atoms with Crippen LogP contribution in [0.1, 0.15) is 33.0 Å². The first-order chi connectivity index (χ1) is 11.1. The molecule has 0 bridgehead atoms. The van der Waals surface area contributed by atoms with E-state index >= 15 is 0 Å². The maximum atomic E-state index is 12.8. The van der Waals surface area contributed by atoms with Crippen molar-refractivity contribution in [2.75, 3.05) is 19.6 Å². The van der Waals surface area contributed by atoms with Crippen molar-refractivity contribution < 1.29 is 4.79 Å². The van der Waals surface area contributed by atoms with Gasteiger partial charge in [-0.15, -0.1) is 12.4 Å². The van der Waals surface area contributed by atoms with Gasteiger partial charge in [-0.1, -0.05) is 36.4 Å². The molecule has 24 heavy (non-hydrogen) atoms. The number of nitrogens with two attached hydrogens (primary N) is 1. The van der Waals surface area contributed by atoms with Crippen molar-refractivity contribution in [1.82, 2.24) is 4.90 Å². The Bertz CT molecular complexity index is 702. The fourth-order valence-electron chi connectivity index (χ4n) is 3.41. The smallest absolute Gasteiger partial charge is 0.253 e. The summed E-state index contributed by atoms with van der Waals surface area (Å²) in [5.74, 6) is 0.773. The third kappa shape index (κ3) is 3.63. The van der Waals surface area contributed by atoms with Gasteiger partial charge in [0.05, 0.1) is 0 Å². The lowest BCUT2D eigenvalue weighted by molar-refractivity contribution is 0.0786. The number of halogens is 1. The molecule has 1 saturated heterocycles. The summed E-state index contributed by atoms with van der Waals surface area (Å²) in [6.07, 6.45) is 0. The van der Waals surface area contributed by atoms with Crippen LogP contribution in [0.25, 0.3) is 0 Å². The predicted octanol–water partition coefficient (Wildman–Crippen LogP) is 3.54. The zero-order valence-corrected chi connectivity index (χ0v) is 15.1. The summed E-state index contributed by atoms with van der Waals surface area (Å²) in [6.45, 7) is 6.20. The Morgan fingerprint density at radius 1 is 1.08 bits per heavy atom. The molecule has 2 aromatic rings. The minimum atomic E-state index is 0. The van der Waals surface area contributed by atoms with Crippen LogP contribution in [0.15, 0.2) is 48.5 Å². The minimum Gasteiger partial charge on any atom is -0.338 e. The summed E-state index contributed by atoms with van der Waals surface area (Å²) in [6, 6.07) is 16.3. The summed E-state index contributed by atoms with van der Waals surface area (Å²) < 4.78 is 0. The van der Waals surface area contributed by atoms with E-state index in [4.69, 9.17) is 5.73 Å². The number of carbonyl (C=O) groups excluding carboxylic acids is 1. The Morgan fingerprint density at radius 2 is 1.79 bits per heavy atom. The molecule has 1 fully saturated rings. The van der Waals surface area contributed by atoms with Gasteiger partial charge in [-0.3, -0.25) is 4.79 Å². The summed E-state index contributed by atoms with van der Waals surface area (Å²) >= 11 is 0. The van der Waals surface area contributed by atoms with Crippen molar-refractivity contribution in [3.63, 3.8) is 0 Å². The average molecular weight is 345 g/mol. The highest BCUT2D eigenvalue weighted by Crippen LogP contribution is 2.32. The summed E-state index contributed by atoms with van der Waals surface area (Å²) in [5, 5.41) is 0. The molecule has 0 radical (unpaired) electrons. The molecule has 3 nitrogen and oxygen atoms in total. The molecule has 128 valence electrons. The lowest BCUT2D eigenvalue weighted by Crippen LogP contribution is -2.29. The van der Waals surface area contributed by atoms with E-state index in [0.29, 0.717) is 18.4 Å². The van der Waals surface area contributed by atoms with Gasteiger partial charge in [0.2, 0.25) is 0 Å². The highest BCUT2D eigenvalue weighted by Gasteiger charge is 2.35. The Labute approximate surface area is 150 Å². The summed E-state index contributed by atoms with van der Waals surface area (Å²) in [7, 11) is 0. The van der Waals surface area contributed by atoms with Crippen molar-refractivity contribution in [1.29, 1.82) is 0 Å². The first-order valence-electron chi connectivity index (χ1n) is 8.21. The van der Waals surface area contributed by atoms with Crippen LogP contribution < -0.4 is 5.73 Å². The zero-order chi connectivity index (χ0) is 16.4. The molecule has 0 unspecified atom stereocenters. The van der Waals surface area contributed by atoms with E-state index in [9.17, 15) is 4.79 Å².